The van der Waals surface area contributed by atoms with Crippen molar-refractivity contribution < 1.29 is 32.6 Å². The molecular weight excluding hydrogens is 512 g/mol. The maximum Gasteiger partial charge on any atom is 0.309 e. The van der Waals surface area contributed by atoms with E-state index in [4.69, 9.17) is 26.4 Å². The van der Waals surface area contributed by atoms with Gasteiger partial charge in [-0.3, -0.25) is 14.6 Å². The molecule has 0 unspecified atom stereocenters. The molecule has 0 spiro atoms. The van der Waals surface area contributed by atoms with Gasteiger partial charge < -0.3 is 14.2 Å². The van der Waals surface area contributed by atoms with Crippen molar-refractivity contribution in [3.8, 4) is 11.5 Å². The van der Waals surface area contributed by atoms with E-state index in [1.54, 1.807) is 39.0 Å². The number of methoxy groups -OCH3 is 1. The van der Waals surface area contributed by atoms with Crippen molar-refractivity contribution in [1.29, 1.82) is 0 Å². The summed E-state index contributed by atoms with van der Waals surface area (Å²) >= 11 is 5.54. The van der Waals surface area contributed by atoms with Gasteiger partial charge in [-0.15, -0.1) is 0 Å². The van der Waals surface area contributed by atoms with Gasteiger partial charge in [-0.1, -0.05) is 37.3 Å². The number of esters is 2. The summed E-state index contributed by atoms with van der Waals surface area (Å²) in [6.45, 7) is 6.43. The number of rotatable bonds is 10. The highest BCUT2D eigenvalue weighted by molar-refractivity contribution is 7.80. The van der Waals surface area contributed by atoms with Crippen LogP contribution in [0.3, 0.4) is 0 Å². The van der Waals surface area contributed by atoms with Crippen molar-refractivity contribution >= 4 is 29.0 Å². The monoisotopic (exact) mass is 541 g/mol. The molecule has 0 fully saturated rings. The van der Waals surface area contributed by atoms with Crippen LogP contribution in [0.2, 0.25) is 0 Å². The Morgan fingerprint density at radius 1 is 1.03 bits per heavy atom. The van der Waals surface area contributed by atoms with Crippen LogP contribution in [0, 0.1) is 24.5 Å². The second-order valence-electron chi connectivity index (χ2n) is 8.99. The highest BCUT2D eigenvalue weighted by atomic mass is 32.1. The summed E-state index contributed by atoms with van der Waals surface area (Å²) in [6, 6.07) is 11.8. The fourth-order valence-corrected chi connectivity index (χ4v) is 4.61. The van der Waals surface area contributed by atoms with E-state index in [1.165, 1.54) is 50.6 Å². The number of aromatic nitrogens is 1. The summed E-state index contributed by atoms with van der Waals surface area (Å²) < 4.78 is 43.8. The minimum absolute atomic E-state index is 0.0876. The van der Waals surface area contributed by atoms with Crippen LogP contribution in [-0.4, -0.2) is 35.0 Å². The first kappa shape index (κ1) is 28.8. The molecule has 200 valence electrons. The van der Waals surface area contributed by atoms with Crippen LogP contribution in [-0.2, 0) is 14.3 Å². The van der Waals surface area contributed by atoms with Crippen LogP contribution >= 0.6 is 12.2 Å². The fraction of sp³-hybridized carbons (Fsp3) is 0.310. The van der Waals surface area contributed by atoms with Crippen LogP contribution in [0.5, 0.6) is 11.5 Å². The lowest BCUT2D eigenvalue weighted by Crippen LogP contribution is -2.28. The minimum atomic E-state index is -0.667. The first-order chi connectivity index (χ1) is 18.0. The van der Waals surface area contributed by atoms with E-state index >= 15 is 0 Å². The topological polar surface area (TPSA) is 74.7 Å². The van der Waals surface area contributed by atoms with E-state index < -0.39 is 35.7 Å². The van der Waals surface area contributed by atoms with Crippen LogP contribution in [0.15, 0.2) is 54.7 Å². The summed E-state index contributed by atoms with van der Waals surface area (Å²) in [4.78, 5) is 29.3. The van der Waals surface area contributed by atoms with Crippen LogP contribution < -0.4 is 9.47 Å². The predicted octanol–water partition coefficient (Wildman–Crippen LogP) is 6.11. The molecule has 0 bridgehead atoms. The number of halogens is 2. The minimum Gasteiger partial charge on any atom is -0.493 e. The molecule has 0 radical (unpaired) electrons. The average Bonchev–Trinajstić information content (AvgIpc) is 2.86. The Balaban J connectivity index is 1.82. The zero-order valence-corrected chi connectivity index (χ0v) is 22.6. The van der Waals surface area contributed by atoms with Gasteiger partial charge in [0.05, 0.1) is 13.0 Å². The summed E-state index contributed by atoms with van der Waals surface area (Å²) in [5.74, 6) is -2.60. The Morgan fingerprint density at radius 3 is 2.29 bits per heavy atom. The number of thiocarbonyl (C=S) groups is 1. The standard InChI is InChI=1S/C29H29F2NO5S/c1-16-14-22(31)10-11-23(16)26(20-6-8-21(30)9-7-20)18(3)36-29(34)17(2)15-25(38)27-28(37-19(4)33)24(35-5)12-13-32-27/h6-14,17-18,26H,15H2,1-5H3/t17-,18+,26+/m1/s1. The molecule has 1 heterocycles. The molecular formula is C29H29F2NO5S. The summed E-state index contributed by atoms with van der Waals surface area (Å²) in [6.07, 6.45) is 0.905. The predicted molar refractivity (Wildman–Crippen MR) is 143 cm³/mol. The van der Waals surface area contributed by atoms with E-state index in [2.05, 4.69) is 4.98 Å². The van der Waals surface area contributed by atoms with E-state index in [0.717, 1.165) is 11.1 Å². The van der Waals surface area contributed by atoms with Crippen molar-refractivity contribution in [3.05, 3.63) is 88.7 Å². The number of benzene rings is 2. The molecule has 0 aliphatic carbocycles. The number of hydrogen-bond donors (Lipinski definition) is 0. The maximum atomic E-state index is 13.8. The highest BCUT2D eigenvalue weighted by Gasteiger charge is 2.29. The second-order valence-corrected chi connectivity index (χ2v) is 9.48. The summed E-state index contributed by atoms with van der Waals surface area (Å²) in [5.41, 5.74) is 2.39. The first-order valence-electron chi connectivity index (χ1n) is 12.0. The number of pyridine rings is 1. The molecule has 1 aromatic heterocycles. The summed E-state index contributed by atoms with van der Waals surface area (Å²) in [5, 5.41) is 0. The highest BCUT2D eigenvalue weighted by Crippen LogP contribution is 2.34. The van der Waals surface area contributed by atoms with E-state index in [9.17, 15) is 18.4 Å². The molecule has 3 rings (SSSR count). The van der Waals surface area contributed by atoms with Gasteiger partial charge in [0.15, 0.2) is 11.5 Å². The molecule has 3 aromatic rings. The zero-order valence-electron chi connectivity index (χ0n) is 21.8. The lowest BCUT2D eigenvalue weighted by molar-refractivity contribution is -0.153. The molecule has 0 amide bonds. The molecule has 0 saturated heterocycles. The normalized spacial score (nSPS) is 13.2. The number of ether oxygens (including phenoxy) is 3. The van der Waals surface area contributed by atoms with E-state index in [-0.39, 0.29) is 29.4 Å². The molecule has 0 N–H and O–H groups in total. The van der Waals surface area contributed by atoms with Gasteiger partial charge in [-0.2, -0.15) is 0 Å². The zero-order chi connectivity index (χ0) is 28.0. The van der Waals surface area contributed by atoms with Crippen LogP contribution in [0.25, 0.3) is 0 Å². The Hall–Kier alpha value is -3.72. The molecule has 9 heteroatoms. The third kappa shape index (κ3) is 6.98. The molecule has 0 saturated carbocycles. The lowest BCUT2D eigenvalue weighted by Gasteiger charge is -2.27. The quantitative estimate of drug-likeness (QED) is 0.174. The Bertz CT molecular complexity index is 1330. The summed E-state index contributed by atoms with van der Waals surface area (Å²) in [7, 11) is 1.43. The lowest BCUT2D eigenvalue weighted by atomic mass is 9.84. The van der Waals surface area contributed by atoms with Gasteiger partial charge >= 0.3 is 11.9 Å². The Labute approximate surface area is 225 Å². The number of aryl methyl sites for hydroxylation is 1. The van der Waals surface area contributed by atoms with Crippen LogP contribution in [0.4, 0.5) is 8.78 Å². The SMILES string of the molecule is COc1ccnc(C(=S)C[C@@H](C)C(=O)O[C@@H](C)[C@@H](c2ccc(F)cc2)c2ccc(F)cc2C)c1OC(C)=O. The van der Waals surface area contributed by atoms with Crippen molar-refractivity contribution in [3.63, 3.8) is 0 Å². The largest absolute Gasteiger partial charge is 0.493 e. The van der Waals surface area contributed by atoms with Gasteiger partial charge in [0, 0.05) is 30.0 Å². The van der Waals surface area contributed by atoms with Crippen LogP contribution in [0.1, 0.15) is 55.5 Å². The average molecular weight is 542 g/mol. The maximum absolute atomic E-state index is 13.8. The molecule has 0 aliphatic heterocycles. The smallest absolute Gasteiger partial charge is 0.309 e. The third-order valence-corrected chi connectivity index (χ3v) is 6.42. The van der Waals surface area contributed by atoms with Crippen molar-refractivity contribution in [2.75, 3.05) is 7.11 Å². The van der Waals surface area contributed by atoms with Gasteiger partial charge in [0.25, 0.3) is 0 Å². The second kappa shape index (κ2) is 12.7. The fourth-order valence-electron chi connectivity index (χ4n) is 4.22. The number of hydrogen-bond acceptors (Lipinski definition) is 7. The molecule has 3 atom stereocenters. The van der Waals surface area contributed by atoms with Gasteiger partial charge in [0.2, 0.25) is 0 Å². The molecule has 38 heavy (non-hydrogen) atoms. The molecule has 2 aromatic carbocycles. The first-order valence-corrected chi connectivity index (χ1v) is 12.4. The van der Waals surface area contributed by atoms with E-state index in [0.29, 0.717) is 10.4 Å². The number of nitrogens with zero attached hydrogens (tertiary/aromatic N) is 1. The number of carbonyl (C=O) groups is 2. The molecule has 6 nitrogen and oxygen atoms in total. The molecule has 0 aliphatic rings. The van der Waals surface area contributed by atoms with Gasteiger partial charge in [0.1, 0.15) is 23.4 Å². The van der Waals surface area contributed by atoms with Crippen molar-refractivity contribution in [2.24, 2.45) is 5.92 Å². The number of carbonyl (C=O) groups excluding carboxylic acids is 2. The van der Waals surface area contributed by atoms with Gasteiger partial charge in [-0.05, 0) is 61.2 Å². The van der Waals surface area contributed by atoms with E-state index in [1.807, 2.05) is 0 Å². The Morgan fingerprint density at radius 2 is 1.68 bits per heavy atom. The third-order valence-electron chi connectivity index (χ3n) is 6.06. The Kier molecular flexibility index (Phi) is 9.63. The van der Waals surface area contributed by atoms with Crippen molar-refractivity contribution in [1.82, 2.24) is 4.98 Å². The van der Waals surface area contributed by atoms with Crippen molar-refractivity contribution in [2.45, 2.75) is 46.1 Å². The van der Waals surface area contributed by atoms with Gasteiger partial charge in [-0.25, -0.2) is 8.78 Å².